The van der Waals surface area contributed by atoms with E-state index in [4.69, 9.17) is 5.11 Å². The number of aliphatic hydroxyl groups excluding tert-OH is 1. The Labute approximate surface area is 84.4 Å². The fourth-order valence-corrected chi connectivity index (χ4v) is 0.707. The molecule has 0 spiro atoms. The normalized spacial score (nSPS) is 10.6. The van der Waals surface area contributed by atoms with Crippen molar-refractivity contribution in [1.29, 1.82) is 0 Å². The number of alkyl carbamates (subject to hydrolysis) is 1. The van der Waals surface area contributed by atoms with Crippen molar-refractivity contribution < 1.29 is 19.4 Å². The van der Waals surface area contributed by atoms with Crippen molar-refractivity contribution in [2.75, 3.05) is 13.7 Å². The highest BCUT2D eigenvalue weighted by atomic mass is 16.5. The summed E-state index contributed by atoms with van der Waals surface area (Å²) in [5.41, 5.74) is 0. The van der Waals surface area contributed by atoms with Crippen molar-refractivity contribution in [3.05, 3.63) is 0 Å². The van der Waals surface area contributed by atoms with Crippen LogP contribution in [0.2, 0.25) is 0 Å². The first-order chi connectivity index (χ1) is 6.61. The smallest absolute Gasteiger partial charge is 0.407 e. The van der Waals surface area contributed by atoms with Crippen LogP contribution in [0.25, 0.3) is 0 Å². The zero-order valence-electron chi connectivity index (χ0n) is 9.16. The van der Waals surface area contributed by atoms with Gasteiger partial charge in [0.1, 0.15) is 0 Å². The van der Waals surface area contributed by atoms with Crippen LogP contribution < -0.4 is 5.32 Å². The van der Waals surface area contributed by atoms with Crippen LogP contribution in [-0.2, 0) is 9.53 Å². The van der Waals surface area contributed by atoms with E-state index < -0.39 is 12.1 Å². The molecule has 0 aliphatic rings. The third-order valence-electron chi connectivity index (χ3n) is 1.39. The van der Waals surface area contributed by atoms with E-state index in [1.54, 1.807) is 0 Å². The van der Waals surface area contributed by atoms with Gasteiger partial charge in [0.15, 0.2) is 5.78 Å². The molecule has 0 heterocycles. The van der Waals surface area contributed by atoms with Crippen molar-refractivity contribution >= 4 is 11.9 Å². The Balaban J connectivity index is 0. The molecule has 1 atom stereocenters. The van der Waals surface area contributed by atoms with E-state index in [1.807, 2.05) is 13.8 Å². The lowest BCUT2D eigenvalue weighted by Gasteiger charge is -2.12. The minimum atomic E-state index is -0.663. The number of aliphatic hydroxyl groups is 1. The van der Waals surface area contributed by atoms with Gasteiger partial charge in [-0.15, -0.1) is 0 Å². The Bertz CT molecular complexity index is 168. The highest BCUT2D eigenvalue weighted by Gasteiger charge is 2.15. The fraction of sp³-hybridized carbons (Fsp3) is 0.778. The van der Waals surface area contributed by atoms with Crippen LogP contribution >= 0.6 is 0 Å². The molecule has 0 aliphatic carbocycles. The molecule has 5 nitrogen and oxygen atoms in total. The molecule has 0 saturated carbocycles. The van der Waals surface area contributed by atoms with Gasteiger partial charge < -0.3 is 15.2 Å². The zero-order valence-corrected chi connectivity index (χ0v) is 9.16. The number of hydrogen-bond donors (Lipinski definition) is 2. The summed E-state index contributed by atoms with van der Waals surface area (Å²) in [6, 6.07) is -0.651. The lowest BCUT2D eigenvalue weighted by atomic mass is 10.1. The molecule has 0 aliphatic heterocycles. The maximum Gasteiger partial charge on any atom is 0.407 e. The molecule has 0 rings (SSSR count). The predicted octanol–water partition coefficient (Wildman–Crippen LogP) is 0.709. The molecule has 2 N–H and O–H groups in total. The summed E-state index contributed by atoms with van der Waals surface area (Å²) in [7, 11) is 1.21. The number of carbonyl (C=O) groups excluding carboxylic acids is 2. The second-order valence-corrected chi connectivity index (χ2v) is 2.31. The van der Waals surface area contributed by atoms with E-state index in [1.165, 1.54) is 14.0 Å². The van der Waals surface area contributed by atoms with Gasteiger partial charge in [-0.25, -0.2) is 4.79 Å². The van der Waals surface area contributed by atoms with Gasteiger partial charge in [-0.3, -0.25) is 4.79 Å². The summed E-state index contributed by atoms with van der Waals surface area (Å²) in [5.74, 6) is -0.200. The van der Waals surface area contributed by atoms with Crippen LogP contribution in [0.15, 0.2) is 0 Å². The molecule has 84 valence electrons. The van der Waals surface area contributed by atoms with Crippen molar-refractivity contribution in [3.63, 3.8) is 0 Å². The minimum absolute atomic E-state index is 0.145. The molecule has 0 saturated heterocycles. The first-order valence-corrected chi connectivity index (χ1v) is 4.57. The van der Waals surface area contributed by atoms with Gasteiger partial charge in [-0.1, -0.05) is 13.8 Å². The molecule has 5 heteroatoms. The van der Waals surface area contributed by atoms with Gasteiger partial charge in [0.25, 0.3) is 0 Å². The topological polar surface area (TPSA) is 75.6 Å². The summed E-state index contributed by atoms with van der Waals surface area (Å²) in [5, 5.41) is 10.8. The molecule has 0 radical (unpaired) electrons. The monoisotopic (exact) mass is 205 g/mol. The third-order valence-corrected chi connectivity index (χ3v) is 1.39. The molecule has 0 aromatic carbocycles. The standard InChI is InChI=1S/C7H13NO4.C2H6/c1-5(10)6(3-4-9)8-7(11)12-2;1-2/h6,9H,3-4H2,1-2H3,(H,8,11);1-2H3. The number of nitrogens with one attached hydrogen (secondary N) is 1. The average Bonchev–Trinajstić information content (AvgIpc) is 2.19. The second kappa shape index (κ2) is 9.98. The Morgan fingerprint density at radius 3 is 2.21 bits per heavy atom. The van der Waals surface area contributed by atoms with Crippen molar-refractivity contribution in [2.45, 2.75) is 33.2 Å². The summed E-state index contributed by atoms with van der Waals surface area (Å²) in [6.45, 7) is 5.20. The summed E-state index contributed by atoms with van der Waals surface area (Å²) < 4.78 is 4.29. The van der Waals surface area contributed by atoms with Crippen LogP contribution in [0, 0.1) is 0 Å². The number of methoxy groups -OCH3 is 1. The second-order valence-electron chi connectivity index (χ2n) is 2.31. The number of amides is 1. The molecule has 1 amide bonds. The zero-order chi connectivity index (χ0) is 11.6. The summed E-state index contributed by atoms with van der Waals surface area (Å²) >= 11 is 0. The van der Waals surface area contributed by atoms with Crippen LogP contribution in [0.4, 0.5) is 4.79 Å². The SMILES string of the molecule is CC.COC(=O)NC(CCO)C(C)=O. The van der Waals surface area contributed by atoms with E-state index in [2.05, 4.69) is 10.1 Å². The maximum absolute atomic E-state index is 10.8. The van der Waals surface area contributed by atoms with E-state index >= 15 is 0 Å². The van der Waals surface area contributed by atoms with E-state index in [9.17, 15) is 9.59 Å². The number of ether oxygens (including phenoxy) is 1. The van der Waals surface area contributed by atoms with Gasteiger partial charge in [-0.05, 0) is 13.3 Å². The molecular weight excluding hydrogens is 186 g/mol. The number of ketones is 1. The van der Waals surface area contributed by atoms with E-state index in [0.29, 0.717) is 0 Å². The van der Waals surface area contributed by atoms with Crippen LogP contribution in [0.5, 0.6) is 0 Å². The van der Waals surface area contributed by atoms with Crippen molar-refractivity contribution in [3.8, 4) is 0 Å². The summed E-state index contributed by atoms with van der Waals surface area (Å²) in [6.07, 6.45) is -0.451. The highest BCUT2D eigenvalue weighted by Crippen LogP contribution is 1.93. The number of rotatable bonds is 4. The molecule has 0 fully saturated rings. The average molecular weight is 205 g/mol. The van der Waals surface area contributed by atoms with Gasteiger partial charge >= 0.3 is 6.09 Å². The van der Waals surface area contributed by atoms with Gasteiger partial charge in [0.2, 0.25) is 0 Å². The quantitative estimate of drug-likeness (QED) is 0.708. The molecular formula is C9H19NO4. The van der Waals surface area contributed by atoms with Crippen LogP contribution in [0.1, 0.15) is 27.2 Å². The minimum Gasteiger partial charge on any atom is -0.453 e. The largest absolute Gasteiger partial charge is 0.453 e. The highest BCUT2D eigenvalue weighted by molar-refractivity contribution is 5.85. The molecule has 14 heavy (non-hydrogen) atoms. The van der Waals surface area contributed by atoms with Gasteiger partial charge in [0, 0.05) is 6.61 Å². The number of carbonyl (C=O) groups is 2. The fourth-order valence-electron chi connectivity index (χ4n) is 0.707. The van der Waals surface area contributed by atoms with Crippen LogP contribution in [-0.4, -0.2) is 36.7 Å². The maximum atomic E-state index is 10.8. The molecule has 0 bridgehead atoms. The van der Waals surface area contributed by atoms with Crippen molar-refractivity contribution in [1.82, 2.24) is 5.32 Å². The van der Waals surface area contributed by atoms with Gasteiger partial charge in [0.05, 0.1) is 13.2 Å². The lowest BCUT2D eigenvalue weighted by molar-refractivity contribution is -0.119. The molecule has 0 aromatic rings. The first kappa shape index (κ1) is 15.4. The Kier molecular flexibility index (Phi) is 11.0. The Morgan fingerprint density at radius 1 is 1.43 bits per heavy atom. The van der Waals surface area contributed by atoms with Crippen molar-refractivity contribution in [2.24, 2.45) is 0 Å². The molecule has 0 aromatic heterocycles. The number of hydrogen-bond acceptors (Lipinski definition) is 4. The third kappa shape index (κ3) is 7.54. The summed E-state index contributed by atoms with van der Waals surface area (Å²) in [4.78, 5) is 21.4. The van der Waals surface area contributed by atoms with E-state index in [0.717, 1.165) is 0 Å². The van der Waals surface area contributed by atoms with E-state index in [-0.39, 0.29) is 18.8 Å². The Hall–Kier alpha value is -1.10. The van der Waals surface area contributed by atoms with Crippen LogP contribution in [0.3, 0.4) is 0 Å². The Morgan fingerprint density at radius 2 is 1.93 bits per heavy atom. The van der Waals surface area contributed by atoms with Gasteiger partial charge in [-0.2, -0.15) is 0 Å². The number of Topliss-reactive ketones (excluding diaryl/α,β-unsaturated/α-hetero) is 1. The predicted molar refractivity (Wildman–Crippen MR) is 53.1 cm³/mol. The molecule has 1 unspecified atom stereocenters. The first-order valence-electron chi connectivity index (χ1n) is 4.57. The lowest BCUT2D eigenvalue weighted by Crippen LogP contribution is -2.40.